The molecule has 0 aliphatic carbocycles. The van der Waals surface area contributed by atoms with Gasteiger partial charge in [0.2, 0.25) is 5.88 Å². The molecule has 1 N–H and O–H groups in total. The molecule has 2 rings (SSSR count). The molecule has 0 saturated carbocycles. The van der Waals surface area contributed by atoms with Gasteiger partial charge in [0.05, 0.1) is 16.4 Å². The van der Waals surface area contributed by atoms with Gasteiger partial charge >= 0.3 is 0 Å². The number of anilines is 1. The van der Waals surface area contributed by atoms with E-state index in [0.29, 0.717) is 17.6 Å². The molecule has 0 atom stereocenters. The van der Waals surface area contributed by atoms with Crippen molar-refractivity contribution in [3.8, 4) is 17.3 Å². The van der Waals surface area contributed by atoms with Crippen molar-refractivity contribution in [3.05, 3.63) is 27.6 Å². The lowest BCUT2D eigenvalue weighted by Crippen LogP contribution is -2.08. The number of pyridine rings is 1. The quantitative estimate of drug-likeness (QED) is 0.783. The Morgan fingerprint density at radius 3 is 2.57 bits per heavy atom. The zero-order valence-electron chi connectivity index (χ0n) is 12.6. The van der Waals surface area contributed by atoms with Crippen molar-refractivity contribution in [1.29, 1.82) is 0 Å². The third-order valence-electron chi connectivity index (χ3n) is 2.96. The van der Waals surface area contributed by atoms with Crippen LogP contribution in [0.3, 0.4) is 0 Å². The molecule has 0 fully saturated rings. The normalized spacial score (nSPS) is 10.8. The van der Waals surface area contributed by atoms with Crippen molar-refractivity contribution in [1.82, 2.24) is 15.0 Å². The van der Waals surface area contributed by atoms with Gasteiger partial charge in [0.15, 0.2) is 5.82 Å². The Morgan fingerprint density at radius 1 is 1.29 bits per heavy atom. The Balaban J connectivity index is 2.46. The molecule has 6 heteroatoms. The topological polar surface area (TPSA) is 59.9 Å². The van der Waals surface area contributed by atoms with Crippen molar-refractivity contribution in [2.24, 2.45) is 5.92 Å². The number of nitrogens with one attached hydrogen (secondary N) is 1. The van der Waals surface area contributed by atoms with Crippen LogP contribution in [-0.2, 0) is 6.42 Å². The van der Waals surface area contributed by atoms with E-state index in [4.69, 9.17) is 9.72 Å². The first-order valence-corrected chi connectivity index (χ1v) is 7.87. The summed E-state index contributed by atoms with van der Waals surface area (Å²) in [6.45, 7) is 4.37. The molecule has 2 heterocycles. The van der Waals surface area contributed by atoms with Crippen molar-refractivity contribution >= 4 is 28.4 Å². The summed E-state index contributed by atoms with van der Waals surface area (Å²) < 4.78 is 6.16. The summed E-state index contributed by atoms with van der Waals surface area (Å²) in [6, 6.07) is 3.74. The van der Waals surface area contributed by atoms with Gasteiger partial charge in [-0.1, -0.05) is 13.8 Å². The molecule has 0 aromatic carbocycles. The minimum absolute atomic E-state index is 0.542. The van der Waals surface area contributed by atoms with Gasteiger partial charge in [-0.2, -0.15) is 0 Å². The van der Waals surface area contributed by atoms with Gasteiger partial charge in [-0.25, -0.2) is 15.0 Å². The van der Waals surface area contributed by atoms with Crippen LogP contribution in [0.2, 0.25) is 0 Å². The number of halogens is 1. The van der Waals surface area contributed by atoms with Crippen molar-refractivity contribution in [2.75, 3.05) is 19.5 Å². The summed E-state index contributed by atoms with van der Waals surface area (Å²) in [5.74, 6) is 2.66. The minimum Gasteiger partial charge on any atom is -0.481 e. The number of ether oxygens (including phenoxy) is 1. The van der Waals surface area contributed by atoms with E-state index in [-0.39, 0.29) is 0 Å². The Labute approximate surface area is 138 Å². The molecule has 0 bridgehead atoms. The smallest absolute Gasteiger partial charge is 0.212 e. The Bertz CT molecular complexity index is 614. The SMILES string of the molecule is CNc1nc(-c2ccc(OC)nc2)nc(CC(C)C)c1I. The molecule has 0 aliphatic rings. The number of aromatic nitrogens is 3. The average molecular weight is 398 g/mol. The van der Waals surface area contributed by atoms with Crippen LogP contribution in [0.5, 0.6) is 5.88 Å². The van der Waals surface area contributed by atoms with Crippen LogP contribution in [0.25, 0.3) is 11.4 Å². The third kappa shape index (κ3) is 3.81. The first-order valence-electron chi connectivity index (χ1n) is 6.79. The van der Waals surface area contributed by atoms with E-state index in [1.54, 1.807) is 13.3 Å². The molecule has 0 unspecified atom stereocenters. The highest BCUT2D eigenvalue weighted by Gasteiger charge is 2.14. The van der Waals surface area contributed by atoms with Crippen molar-refractivity contribution in [2.45, 2.75) is 20.3 Å². The lowest BCUT2D eigenvalue weighted by molar-refractivity contribution is 0.398. The monoisotopic (exact) mass is 398 g/mol. The highest BCUT2D eigenvalue weighted by molar-refractivity contribution is 14.1. The van der Waals surface area contributed by atoms with Crippen LogP contribution in [0.4, 0.5) is 5.82 Å². The zero-order chi connectivity index (χ0) is 15.4. The Morgan fingerprint density at radius 2 is 2.05 bits per heavy atom. The molecule has 21 heavy (non-hydrogen) atoms. The van der Waals surface area contributed by atoms with Crippen molar-refractivity contribution < 1.29 is 4.74 Å². The highest BCUT2D eigenvalue weighted by Crippen LogP contribution is 2.25. The summed E-state index contributed by atoms with van der Waals surface area (Å²) in [4.78, 5) is 13.5. The third-order valence-corrected chi connectivity index (χ3v) is 4.10. The number of hydrogen-bond donors (Lipinski definition) is 1. The number of hydrogen-bond acceptors (Lipinski definition) is 5. The maximum atomic E-state index is 5.08. The van der Waals surface area contributed by atoms with Gasteiger partial charge in [-0.15, -0.1) is 0 Å². The molecular weight excluding hydrogens is 379 g/mol. The molecular formula is C15H19IN4O. The van der Waals surface area contributed by atoms with Crippen LogP contribution >= 0.6 is 22.6 Å². The second-order valence-corrected chi connectivity index (χ2v) is 6.17. The van der Waals surface area contributed by atoms with E-state index >= 15 is 0 Å². The molecule has 5 nitrogen and oxygen atoms in total. The molecule has 0 spiro atoms. The summed E-state index contributed by atoms with van der Waals surface area (Å²) in [5, 5.41) is 3.14. The number of methoxy groups -OCH3 is 1. The van der Waals surface area contributed by atoms with E-state index in [2.05, 4.69) is 51.7 Å². The van der Waals surface area contributed by atoms with E-state index in [1.807, 2.05) is 19.2 Å². The molecule has 0 amide bonds. The second kappa shape index (κ2) is 7.02. The molecule has 2 aromatic heterocycles. The highest BCUT2D eigenvalue weighted by atomic mass is 127. The molecule has 0 saturated heterocycles. The van der Waals surface area contributed by atoms with E-state index in [0.717, 1.165) is 27.1 Å². The van der Waals surface area contributed by atoms with Crippen LogP contribution in [-0.4, -0.2) is 29.1 Å². The van der Waals surface area contributed by atoms with Crippen LogP contribution < -0.4 is 10.1 Å². The Kier molecular flexibility index (Phi) is 5.33. The van der Waals surface area contributed by atoms with Crippen molar-refractivity contribution in [3.63, 3.8) is 0 Å². The fourth-order valence-corrected chi connectivity index (χ4v) is 2.67. The summed E-state index contributed by atoms with van der Waals surface area (Å²) in [5.41, 5.74) is 1.95. The maximum absolute atomic E-state index is 5.08. The largest absolute Gasteiger partial charge is 0.481 e. The van der Waals surface area contributed by atoms with Gasteiger partial charge in [0.25, 0.3) is 0 Å². The van der Waals surface area contributed by atoms with E-state index in [9.17, 15) is 0 Å². The van der Waals surface area contributed by atoms with Crippen LogP contribution in [0.1, 0.15) is 19.5 Å². The van der Waals surface area contributed by atoms with Gasteiger partial charge in [0, 0.05) is 24.9 Å². The van der Waals surface area contributed by atoms with E-state index in [1.165, 1.54) is 0 Å². The second-order valence-electron chi connectivity index (χ2n) is 5.09. The van der Waals surface area contributed by atoms with Crippen LogP contribution in [0, 0.1) is 9.49 Å². The number of nitrogens with zero attached hydrogens (tertiary/aromatic N) is 3. The first kappa shape index (κ1) is 15.9. The molecule has 0 radical (unpaired) electrons. The van der Waals surface area contributed by atoms with Crippen LogP contribution in [0.15, 0.2) is 18.3 Å². The summed E-state index contributed by atoms with van der Waals surface area (Å²) in [6.07, 6.45) is 2.66. The summed E-state index contributed by atoms with van der Waals surface area (Å²) >= 11 is 2.30. The molecule has 2 aromatic rings. The standard InChI is InChI=1S/C15H19IN4O/c1-9(2)7-11-13(16)15(17-3)20-14(19-11)10-5-6-12(21-4)18-8-10/h5-6,8-9H,7H2,1-4H3,(H,17,19,20). The minimum atomic E-state index is 0.542. The predicted molar refractivity (Wildman–Crippen MR) is 92.6 cm³/mol. The van der Waals surface area contributed by atoms with E-state index < -0.39 is 0 Å². The molecule has 112 valence electrons. The lowest BCUT2D eigenvalue weighted by Gasteiger charge is -2.12. The molecule has 0 aliphatic heterocycles. The maximum Gasteiger partial charge on any atom is 0.212 e. The fraction of sp³-hybridized carbons (Fsp3) is 0.400. The van der Waals surface area contributed by atoms with Gasteiger partial charge in [-0.05, 0) is 41.0 Å². The summed E-state index contributed by atoms with van der Waals surface area (Å²) in [7, 11) is 3.48. The predicted octanol–water partition coefficient (Wildman–Crippen LogP) is 3.39. The van der Waals surface area contributed by atoms with Gasteiger partial charge < -0.3 is 10.1 Å². The average Bonchev–Trinajstić information content (AvgIpc) is 2.49. The van der Waals surface area contributed by atoms with Gasteiger partial charge in [0.1, 0.15) is 5.82 Å². The lowest BCUT2D eigenvalue weighted by atomic mass is 10.1. The zero-order valence-corrected chi connectivity index (χ0v) is 14.8. The number of rotatable bonds is 5. The first-order chi connectivity index (χ1) is 10.0. The Hall–Kier alpha value is -1.44. The fourth-order valence-electron chi connectivity index (χ4n) is 1.94. The van der Waals surface area contributed by atoms with Gasteiger partial charge in [-0.3, -0.25) is 0 Å².